The van der Waals surface area contributed by atoms with Crippen LogP contribution < -0.4 is 5.32 Å². The number of benzene rings is 1. The first-order chi connectivity index (χ1) is 8.44. The second-order valence-electron chi connectivity index (χ2n) is 5.97. The van der Waals surface area contributed by atoms with Gasteiger partial charge in [-0.2, -0.15) is 0 Å². The van der Waals surface area contributed by atoms with Crippen LogP contribution in [0.25, 0.3) is 0 Å². The number of nitrogens with one attached hydrogen (secondary N) is 1. The fourth-order valence-corrected chi connectivity index (χ4v) is 2.45. The molecule has 0 aromatic heterocycles. The average Bonchev–Trinajstić information content (AvgIpc) is 2.29. The number of rotatable bonds is 7. The van der Waals surface area contributed by atoms with E-state index in [1.807, 2.05) is 13.0 Å². The molecule has 0 saturated heterocycles. The monoisotopic (exact) mass is 249 g/mol. The molecule has 1 aromatic rings. The summed E-state index contributed by atoms with van der Waals surface area (Å²) >= 11 is 0. The molecular formula is C16H27NO. The lowest BCUT2D eigenvalue weighted by molar-refractivity contribution is 0.126. The molecule has 2 heteroatoms. The fourth-order valence-electron chi connectivity index (χ4n) is 2.45. The summed E-state index contributed by atoms with van der Waals surface area (Å²) in [6, 6.07) is 11.0. The Kier molecular flexibility index (Phi) is 5.83. The zero-order valence-electron chi connectivity index (χ0n) is 12.1. The van der Waals surface area contributed by atoms with Gasteiger partial charge in [-0.3, -0.25) is 0 Å². The van der Waals surface area contributed by atoms with Gasteiger partial charge in [-0.05, 0) is 30.7 Å². The summed E-state index contributed by atoms with van der Waals surface area (Å²) < 4.78 is 0. The van der Waals surface area contributed by atoms with E-state index in [0.29, 0.717) is 6.04 Å². The summed E-state index contributed by atoms with van der Waals surface area (Å²) in [5.74, 6) is 0. The maximum atomic E-state index is 9.50. The van der Waals surface area contributed by atoms with Gasteiger partial charge in [-0.25, -0.2) is 0 Å². The Labute approximate surface area is 111 Å². The van der Waals surface area contributed by atoms with Crippen molar-refractivity contribution in [2.75, 3.05) is 6.54 Å². The van der Waals surface area contributed by atoms with Crippen LogP contribution >= 0.6 is 0 Å². The van der Waals surface area contributed by atoms with Crippen LogP contribution in [-0.4, -0.2) is 17.8 Å². The highest BCUT2D eigenvalue weighted by Crippen LogP contribution is 2.24. The normalized spacial score (nSPS) is 15.4. The molecule has 0 aliphatic carbocycles. The van der Waals surface area contributed by atoms with Crippen molar-refractivity contribution in [2.24, 2.45) is 5.41 Å². The van der Waals surface area contributed by atoms with Crippen molar-refractivity contribution < 1.29 is 5.11 Å². The zero-order valence-corrected chi connectivity index (χ0v) is 12.1. The lowest BCUT2D eigenvalue weighted by Crippen LogP contribution is -2.34. The molecule has 1 aromatic carbocycles. The molecule has 18 heavy (non-hydrogen) atoms. The third-order valence-corrected chi connectivity index (χ3v) is 3.29. The van der Waals surface area contributed by atoms with E-state index in [1.54, 1.807) is 0 Å². The number of hydrogen-bond acceptors (Lipinski definition) is 2. The lowest BCUT2D eigenvalue weighted by atomic mass is 9.86. The van der Waals surface area contributed by atoms with Crippen molar-refractivity contribution in [3.63, 3.8) is 0 Å². The molecule has 0 heterocycles. The maximum Gasteiger partial charge on any atom is 0.0517 e. The quantitative estimate of drug-likeness (QED) is 0.775. The SMILES string of the molecule is CCC(NCC(C)(C)CC(C)O)c1ccccc1. The second-order valence-corrected chi connectivity index (χ2v) is 5.97. The van der Waals surface area contributed by atoms with Gasteiger partial charge in [0.15, 0.2) is 0 Å². The van der Waals surface area contributed by atoms with E-state index in [1.165, 1.54) is 5.56 Å². The molecule has 2 nitrogen and oxygen atoms in total. The van der Waals surface area contributed by atoms with Crippen molar-refractivity contribution in [2.45, 2.75) is 52.7 Å². The minimum absolute atomic E-state index is 0.121. The van der Waals surface area contributed by atoms with Crippen molar-refractivity contribution >= 4 is 0 Å². The molecule has 0 amide bonds. The van der Waals surface area contributed by atoms with Crippen molar-refractivity contribution in [1.29, 1.82) is 0 Å². The van der Waals surface area contributed by atoms with Crippen LogP contribution in [0.1, 0.15) is 52.1 Å². The van der Waals surface area contributed by atoms with Crippen molar-refractivity contribution in [1.82, 2.24) is 5.32 Å². The van der Waals surface area contributed by atoms with Gasteiger partial charge in [0.25, 0.3) is 0 Å². The highest BCUT2D eigenvalue weighted by molar-refractivity contribution is 5.18. The minimum atomic E-state index is -0.237. The molecule has 2 unspecified atom stereocenters. The molecule has 0 aliphatic heterocycles. The molecular weight excluding hydrogens is 222 g/mol. The highest BCUT2D eigenvalue weighted by Gasteiger charge is 2.21. The fraction of sp³-hybridized carbons (Fsp3) is 0.625. The molecule has 2 atom stereocenters. The first kappa shape index (κ1) is 15.2. The molecule has 102 valence electrons. The first-order valence-corrected chi connectivity index (χ1v) is 6.91. The van der Waals surface area contributed by atoms with E-state index in [4.69, 9.17) is 0 Å². The molecule has 0 saturated carbocycles. The molecule has 0 spiro atoms. The van der Waals surface area contributed by atoms with Gasteiger partial charge in [0, 0.05) is 12.6 Å². The number of hydrogen-bond donors (Lipinski definition) is 2. The van der Waals surface area contributed by atoms with E-state index in [9.17, 15) is 5.11 Å². The van der Waals surface area contributed by atoms with Crippen LogP contribution in [0.15, 0.2) is 30.3 Å². The predicted octanol–water partition coefficient (Wildman–Crippen LogP) is 3.52. The summed E-state index contributed by atoms with van der Waals surface area (Å²) in [5.41, 5.74) is 1.46. The third kappa shape index (κ3) is 5.19. The summed E-state index contributed by atoms with van der Waals surface area (Å²) in [6.45, 7) is 9.38. The summed E-state index contributed by atoms with van der Waals surface area (Å²) in [7, 11) is 0. The highest BCUT2D eigenvalue weighted by atomic mass is 16.3. The Hall–Kier alpha value is -0.860. The van der Waals surface area contributed by atoms with Gasteiger partial charge >= 0.3 is 0 Å². The largest absolute Gasteiger partial charge is 0.393 e. The van der Waals surface area contributed by atoms with E-state index >= 15 is 0 Å². The van der Waals surface area contributed by atoms with E-state index < -0.39 is 0 Å². The van der Waals surface area contributed by atoms with Crippen LogP contribution in [0.2, 0.25) is 0 Å². The van der Waals surface area contributed by atoms with Gasteiger partial charge in [-0.15, -0.1) is 0 Å². The topological polar surface area (TPSA) is 32.3 Å². The van der Waals surface area contributed by atoms with Crippen LogP contribution in [0.4, 0.5) is 0 Å². The van der Waals surface area contributed by atoms with Gasteiger partial charge in [0.05, 0.1) is 6.10 Å². The Balaban J connectivity index is 2.55. The zero-order chi connectivity index (χ0) is 13.6. The molecule has 0 radical (unpaired) electrons. The smallest absolute Gasteiger partial charge is 0.0517 e. The number of aliphatic hydroxyl groups excluding tert-OH is 1. The van der Waals surface area contributed by atoms with Gasteiger partial charge in [0.1, 0.15) is 0 Å². The minimum Gasteiger partial charge on any atom is -0.393 e. The third-order valence-electron chi connectivity index (χ3n) is 3.29. The Morgan fingerprint density at radius 3 is 2.33 bits per heavy atom. The second kappa shape index (κ2) is 6.91. The first-order valence-electron chi connectivity index (χ1n) is 6.91. The average molecular weight is 249 g/mol. The Bertz CT molecular complexity index is 332. The van der Waals surface area contributed by atoms with Crippen LogP contribution in [0.5, 0.6) is 0 Å². The standard InChI is InChI=1S/C16H27NO/c1-5-15(14-9-7-6-8-10-14)17-12-16(3,4)11-13(2)18/h6-10,13,15,17-18H,5,11-12H2,1-4H3. The molecule has 0 bridgehead atoms. The van der Waals surface area contributed by atoms with Crippen molar-refractivity contribution in [3.05, 3.63) is 35.9 Å². The summed E-state index contributed by atoms with van der Waals surface area (Å²) in [5, 5.41) is 13.1. The molecule has 0 fully saturated rings. The number of aliphatic hydroxyl groups is 1. The Morgan fingerprint density at radius 1 is 1.22 bits per heavy atom. The van der Waals surface area contributed by atoms with Crippen molar-refractivity contribution in [3.8, 4) is 0 Å². The maximum absolute atomic E-state index is 9.50. The van der Waals surface area contributed by atoms with Crippen LogP contribution in [0.3, 0.4) is 0 Å². The molecule has 2 N–H and O–H groups in total. The van der Waals surface area contributed by atoms with E-state index in [0.717, 1.165) is 19.4 Å². The molecule has 1 rings (SSSR count). The van der Waals surface area contributed by atoms with E-state index in [2.05, 4.69) is 50.4 Å². The Morgan fingerprint density at radius 2 is 1.83 bits per heavy atom. The summed E-state index contributed by atoms with van der Waals surface area (Å²) in [6.07, 6.45) is 1.67. The van der Waals surface area contributed by atoms with Gasteiger partial charge < -0.3 is 10.4 Å². The van der Waals surface area contributed by atoms with E-state index in [-0.39, 0.29) is 11.5 Å². The molecule has 0 aliphatic rings. The summed E-state index contributed by atoms with van der Waals surface area (Å²) in [4.78, 5) is 0. The van der Waals surface area contributed by atoms with Gasteiger partial charge in [-0.1, -0.05) is 51.1 Å². The van der Waals surface area contributed by atoms with Gasteiger partial charge in [0.2, 0.25) is 0 Å². The predicted molar refractivity (Wildman–Crippen MR) is 77.6 cm³/mol. The van der Waals surface area contributed by atoms with Crippen LogP contribution in [-0.2, 0) is 0 Å². The van der Waals surface area contributed by atoms with Crippen LogP contribution in [0, 0.1) is 5.41 Å². The lowest BCUT2D eigenvalue weighted by Gasteiger charge is -2.29.